The maximum atomic E-state index is 13.6. The molecule has 0 saturated carbocycles. The van der Waals surface area contributed by atoms with Gasteiger partial charge < -0.3 is 5.11 Å². The van der Waals surface area contributed by atoms with E-state index in [4.69, 9.17) is 5.53 Å². The van der Waals surface area contributed by atoms with Crippen LogP contribution in [0.1, 0.15) is 20.8 Å². The van der Waals surface area contributed by atoms with Gasteiger partial charge in [0, 0.05) is 30.1 Å². The third-order valence-corrected chi connectivity index (χ3v) is 8.71. The third kappa shape index (κ3) is 6.10. The summed E-state index contributed by atoms with van der Waals surface area (Å²) >= 11 is 0. The Morgan fingerprint density at radius 1 is 1.03 bits per heavy atom. The molecule has 2 aromatic rings. The van der Waals surface area contributed by atoms with Gasteiger partial charge in [0.15, 0.2) is 0 Å². The highest BCUT2D eigenvalue weighted by Gasteiger charge is 2.34. The number of rotatable bonds is 11. The SMILES string of the molecule is CC(C)CN(CC(O)[C@H](C)N=[N+]=[N-])S(=O)(=O)c1ccccc1S(=O)(=O)c1ccc([N+](=O)[O-])cc1. The van der Waals surface area contributed by atoms with E-state index < -0.39 is 53.3 Å². The Bertz CT molecular complexity index is 1290. The lowest BCUT2D eigenvalue weighted by Crippen LogP contribution is -2.43. The van der Waals surface area contributed by atoms with Gasteiger partial charge in [-0.05, 0) is 35.7 Å². The van der Waals surface area contributed by atoms with E-state index in [0.29, 0.717) is 0 Å². The predicted octanol–water partition coefficient (Wildman–Crippen LogP) is 3.13. The van der Waals surface area contributed by atoms with Gasteiger partial charge in [-0.1, -0.05) is 38.0 Å². The average Bonchev–Trinajstić information content (AvgIpc) is 2.78. The van der Waals surface area contributed by atoms with E-state index in [-0.39, 0.29) is 23.0 Å². The van der Waals surface area contributed by atoms with Crippen LogP contribution in [-0.2, 0) is 19.9 Å². The van der Waals surface area contributed by atoms with Crippen molar-refractivity contribution < 1.29 is 26.9 Å². The monoisotopic (exact) mass is 511 g/mol. The Labute approximate surface area is 197 Å². The Hall–Kier alpha value is -3.03. The van der Waals surface area contributed by atoms with Crippen LogP contribution in [0.4, 0.5) is 5.69 Å². The number of aliphatic hydroxyl groups is 1. The second-order valence-corrected chi connectivity index (χ2v) is 11.8. The summed E-state index contributed by atoms with van der Waals surface area (Å²) in [5.41, 5.74) is 8.28. The molecule has 0 fully saturated rings. The minimum absolute atomic E-state index is 0.0334. The molecule has 0 aliphatic heterocycles. The van der Waals surface area contributed by atoms with Crippen molar-refractivity contribution in [3.63, 3.8) is 0 Å². The molecular formula is C20H25N5O7S2. The van der Waals surface area contributed by atoms with Crippen LogP contribution in [0.5, 0.6) is 0 Å². The zero-order valence-electron chi connectivity index (χ0n) is 18.7. The molecule has 1 unspecified atom stereocenters. The topological polar surface area (TPSA) is 184 Å². The summed E-state index contributed by atoms with van der Waals surface area (Å²) in [6, 6.07) is 8.19. The van der Waals surface area contributed by atoms with Crippen molar-refractivity contribution >= 4 is 25.5 Å². The van der Waals surface area contributed by atoms with Crippen molar-refractivity contribution in [1.29, 1.82) is 0 Å². The Morgan fingerprint density at radius 3 is 2.09 bits per heavy atom. The van der Waals surface area contributed by atoms with Crippen molar-refractivity contribution in [1.82, 2.24) is 4.31 Å². The molecule has 0 amide bonds. The van der Waals surface area contributed by atoms with Crippen LogP contribution in [0, 0.1) is 16.0 Å². The van der Waals surface area contributed by atoms with Crippen molar-refractivity contribution in [2.75, 3.05) is 13.1 Å². The second-order valence-electron chi connectivity index (χ2n) is 7.93. The molecule has 2 aromatic carbocycles. The molecule has 2 rings (SSSR count). The lowest BCUT2D eigenvalue weighted by molar-refractivity contribution is -0.384. The zero-order valence-corrected chi connectivity index (χ0v) is 20.3. The molecule has 184 valence electrons. The summed E-state index contributed by atoms with van der Waals surface area (Å²) < 4.78 is 54.7. The van der Waals surface area contributed by atoms with E-state index in [2.05, 4.69) is 10.0 Å². The number of sulfone groups is 1. The van der Waals surface area contributed by atoms with Crippen LogP contribution >= 0.6 is 0 Å². The van der Waals surface area contributed by atoms with Gasteiger partial charge in [0.2, 0.25) is 19.9 Å². The molecule has 2 atom stereocenters. The fourth-order valence-electron chi connectivity index (χ4n) is 3.10. The molecule has 1 N–H and O–H groups in total. The van der Waals surface area contributed by atoms with E-state index in [1.807, 2.05) is 0 Å². The van der Waals surface area contributed by atoms with Gasteiger partial charge in [0.25, 0.3) is 5.69 Å². The number of sulfonamides is 1. The second kappa shape index (κ2) is 10.9. The van der Waals surface area contributed by atoms with Gasteiger partial charge in [-0.2, -0.15) is 4.31 Å². The number of hydrogen-bond donors (Lipinski definition) is 1. The summed E-state index contributed by atoms with van der Waals surface area (Å²) in [4.78, 5) is 11.5. The first kappa shape index (κ1) is 27.2. The molecule has 12 nitrogen and oxygen atoms in total. The van der Waals surface area contributed by atoms with Crippen LogP contribution in [0.25, 0.3) is 10.4 Å². The summed E-state index contributed by atoms with van der Waals surface area (Å²) in [6.07, 6.45) is -1.33. The van der Waals surface area contributed by atoms with Crippen LogP contribution in [0.15, 0.2) is 68.3 Å². The normalized spacial score (nSPS) is 13.9. The van der Waals surface area contributed by atoms with Crippen molar-refractivity contribution in [2.45, 2.75) is 47.6 Å². The van der Waals surface area contributed by atoms with Crippen LogP contribution < -0.4 is 0 Å². The molecule has 0 aromatic heterocycles. The van der Waals surface area contributed by atoms with Gasteiger partial charge in [-0.3, -0.25) is 10.1 Å². The van der Waals surface area contributed by atoms with E-state index >= 15 is 0 Å². The third-order valence-electron chi connectivity index (χ3n) is 4.86. The fourth-order valence-corrected chi connectivity index (χ4v) is 6.77. The van der Waals surface area contributed by atoms with E-state index in [0.717, 1.165) is 40.7 Å². The summed E-state index contributed by atoms with van der Waals surface area (Å²) in [5.74, 6) is -0.171. The number of aliphatic hydroxyl groups excluding tert-OH is 1. The van der Waals surface area contributed by atoms with E-state index in [1.165, 1.54) is 19.1 Å². The lowest BCUT2D eigenvalue weighted by Gasteiger charge is -2.28. The highest BCUT2D eigenvalue weighted by atomic mass is 32.2. The number of nitro benzene ring substituents is 1. The first-order valence-electron chi connectivity index (χ1n) is 10.1. The molecule has 0 spiro atoms. The molecule has 0 saturated heterocycles. The standard InChI is InChI=1S/C20H25N5O7S2/c1-14(2)12-24(13-18(26)15(3)22-23-21)34(31,32)20-7-5-4-6-19(20)33(29,30)17-10-8-16(9-11-17)25(27)28/h4-11,14-15,18,26H,12-13H2,1-3H3/t15-,18?/m0/s1. The van der Waals surface area contributed by atoms with Gasteiger partial charge >= 0.3 is 0 Å². The van der Waals surface area contributed by atoms with Gasteiger partial charge in [0.05, 0.1) is 26.9 Å². The Balaban J connectivity index is 2.59. The zero-order chi connectivity index (χ0) is 25.7. The van der Waals surface area contributed by atoms with Gasteiger partial charge in [-0.15, -0.1) is 0 Å². The number of nitrogens with zero attached hydrogens (tertiary/aromatic N) is 5. The smallest absolute Gasteiger partial charge is 0.269 e. The lowest BCUT2D eigenvalue weighted by atomic mass is 10.2. The van der Waals surface area contributed by atoms with Gasteiger partial charge in [-0.25, -0.2) is 16.8 Å². The largest absolute Gasteiger partial charge is 0.391 e. The molecular weight excluding hydrogens is 486 g/mol. The first-order chi connectivity index (χ1) is 15.8. The highest BCUT2D eigenvalue weighted by Crippen LogP contribution is 2.30. The molecule has 0 radical (unpaired) electrons. The molecule has 0 aliphatic carbocycles. The van der Waals surface area contributed by atoms with Crippen LogP contribution in [-0.4, -0.2) is 56.4 Å². The summed E-state index contributed by atoms with van der Waals surface area (Å²) in [5, 5.41) is 24.7. The van der Waals surface area contributed by atoms with Gasteiger partial charge in [0.1, 0.15) is 4.90 Å². The minimum Gasteiger partial charge on any atom is -0.391 e. The summed E-state index contributed by atoms with van der Waals surface area (Å²) in [6.45, 7) is 4.48. The molecule has 0 aliphatic rings. The van der Waals surface area contributed by atoms with Crippen LogP contribution in [0.3, 0.4) is 0 Å². The van der Waals surface area contributed by atoms with E-state index in [9.17, 15) is 32.1 Å². The molecule has 34 heavy (non-hydrogen) atoms. The molecule has 0 heterocycles. The number of nitro groups is 1. The maximum Gasteiger partial charge on any atom is 0.269 e. The van der Waals surface area contributed by atoms with E-state index in [1.54, 1.807) is 13.8 Å². The molecule has 0 bridgehead atoms. The Kier molecular flexibility index (Phi) is 8.75. The predicted molar refractivity (Wildman–Crippen MR) is 123 cm³/mol. The maximum absolute atomic E-state index is 13.6. The number of benzene rings is 2. The quantitative estimate of drug-likeness (QED) is 0.158. The van der Waals surface area contributed by atoms with Crippen molar-refractivity contribution in [2.24, 2.45) is 11.0 Å². The minimum atomic E-state index is -4.43. The highest BCUT2D eigenvalue weighted by molar-refractivity contribution is 7.93. The number of hydrogen-bond acceptors (Lipinski definition) is 8. The Morgan fingerprint density at radius 2 is 1.59 bits per heavy atom. The average molecular weight is 512 g/mol. The first-order valence-corrected chi connectivity index (χ1v) is 13.1. The van der Waals surface area contributed by atoms with Crippen molar-refractivity contribution in [3.8, 4) is 0 Å². The van der Waals surface area contributed by atoms with Crippen LogP contribution in [0.2, 0.25) is 0 Å². The number of non-ortho nitro benzene ring substituents is 1. The molecule has 14 heteroatoms. The summed E-state index contributed by atoms with van der Waals surface area (Å²) in [7, 11) is -8.80. The van der Waals surface area contributed by atoms with Crippen molar-refractivity contribution in [3.05, 3.63) is 69.1 Å². The number of azide groups is 1. The fraction of sp³-hybridized carbons (Fsp3) is 0.400.